The minimum atomic E-state index is -4.31. The number of hydrogen-bond donors (Lipinski definition) is 0. The average molecular weight is 800 g/mol. The number of likely N-dealkylation sites (tertiary alicyclic amines) is 1. The van der Waals surface area contributed by atoms with Crippen LogP contribution in [0.4, 0.5) is 13.2 Å². The van der Waals surface area contributed by atoms with Crippen LogP contribution in [0.2, 0.25) is 0 Å². The van der Waals surface area contributed by atoms with Crippen LogP contribution in [0.5, 0.6) is 0 Å². The van der Waals surface area contributed by atoms with Crippen molar-refractivity contribution in [1.29, 1.82) is 0 Å². The summed E-state index contributed by atoms with van der Waals surface area (Å²) in [7, 11) is 1.74. The Morgan fingerprint density at radius 3 is 1.98 bits per heavy atom. The van der Waals surface area contributed by atoms with E-state index in [2.05, 4.69) is 16.0 Å². The Hall–Kier alpha value is -1.63. The first-order chi connectivity index (χ1) is 28.9. The topological polar surface area (TPSA) is 21.7 Å². The zero-order valence-corrected chi connectivity index (χ0v) is 34.5. The number of fused-ring (bicyclic) bond motifs is 1. The van der Waals surface area contributed by atoms with Crippen LogP contribution >= 0.6 is 0 Å². The molecule has 0 bridgehead atoms. The largest absolute Gasteiger partial charge is 0.416 e. The Kier molecular flexibility index (Phi) is 5.59. The minimum Gasteiger partial charge on any atom is -0.382 e. The Morgan fingerprint density at radius 1 is 0.644 bits per heavy atom. The standard InChI is InChI=1S/C53H60F3NO2/c1-58-8-9-59-7-6-57-18-29-28-16-25-14-22-12-23-11-20-10-21-13-24-15-26-17-52(29,51(57)19-2-4-27(5-3-19)53(54,55)56)50-36(26)41-35(24)40-31(21)30(20)38-34(23)39-32(22)33(25)42-37(28)49(50)48-46(41)44(40)43(38)45(39)47(42)48/h2-5,20-24,26,29-32,34-36,38-51H,6-18H2,1H3. The number of nitrogens with zero attached hydrogens (tertiary/aromatic N) is 1. The Labute approximate surface area is 347 Å². The Balaban J connectivity index is 0.893. The van der Waals surface area contributed by atoms with E-state index in [1.54, 1.807) is 32.8 Å². The molecule has 1 aliphatic heterocycles. The van der Waals surface area contributed by atoms with Crippen LogP contribution in [0.1, 0.15) is 68.5 Å². The maximum Gasteiger partial charge on any atom is 0.416 e. The van der Waals surface area contributed by atoms with Crippen LogP contribution < -0.4 is 0 Å². The fourth-order valence-corrected chi connectivity index (χ4v) is 26.5. The molecular formula is C53H60F3NO2. The van der Waals surface area contributed by atoms with Crippen LogP contribution in [-0.4, -0.2) is 44.9 Å². The van der Waals surface area contributed by atoms with Gasteiger partial charge in [0.1, 0.15) is 0 Å². The molecule has 310 valence electrons. The van der Waals surface area contributed by atoms with E-state index >= 15 is 0 Å². The maximum absolute atomic E-state index is 14.2. The summed E-state index contributed by atoms with van der Waals surface area (Å²) in [5, 5.41) is 0. The lowest BCUT2D eigenvalue weighted by molar-refractivity contribution is -0.149. The zero-order chi connectivity index (χ0) is 38.1. The third-order valence-electron chi connectivity index (χ3n) is 25.5. The quantitative estimate of drug-likeness (QED) is 0.203. The van der Waals surface area contributed by atoms with E-state index < -0.39 is 11.7 Å². The molecule has 1 spiro atoms. The third-order valence-corrected chi connectivity index (χ3v) is 25.5. The fraction of sp³-hybridized carbons (Fsp3) is 0.811. The molecule has 6 heteroatoms. The van der Waals surface area contributed by atoms with Crippen molar-refractivity contribution in [3.05, 3.63) is 57.7 Å². The van der Waals surface area contributed by atoms with E-state index in [1.807, 2.05) is 23.3 Å². The lowest BCUT2D eigenvalue weighted by Gasteiger charge is -2.62. The highest BCUT2D eigenvalue weighted by atomic mass is 19.4. The van der Waals surface area contributed by atoms with Crippen molar-refractivity contribution in [2.24, 2.45) is 159 Å². The van der Waals surface area contributed by atoms with Gasteiger partial charge in [-0.2, -0.15) is 13.2 Å². The van der Waals surface area contributed by atoms with Gasteiger partial charge in [0.15, 0.2) is 0 Å². The number of hydrogen-bond acceptors (Lipinski definition) is 3. The first-order valence-electron chi connectivity index (χ1n) is 25.3. The van der Waals surface area contributed by atoms with Crippen molar-refractivity contribution < 1.29 is 22.6 Å². The molecule has 59 heavy (non-hydrogen) atoms. The van der Waals surface area contributed by atoms with E-state index in [0.717, 1.165) is 161 Å². The molecule has 0 amide bonds. The summed E-state index contributed by atoms with van der Waals surface area (Å²) in [5.74, 6) is 24.7. The predicted octanol–water partition coefficient (Wildman–Crippen LogP) is 9.66. The summed E-state index contributed by atoms with van der Waals surface area (Å²) in [5.41, 5.74) is 8.94. The normalized spacial score (nSPS) is 63.1. The molecule has 14 fully saturated rings. The van der Waals surface area contributed by atoms with E-state index in [0.29, 0.717) is 25.7 Å². The Bertz CT molecular complexity index is 2230. The highest BCUT2D eigenvalue weighted by Gasteiger charge is 2.88. The van der Waals surface area contributed by atoms with Crippen molar-refractivity contribution in [1.82, 2.24) is 4.90 Å². The van der Waals surface area contributed by atoms with Gasteiger partial charge in [-0.3, -0.25) is 4.90 Å². The molecule has 0 aromatic heterocycles. The molecule has 0 N–H and O–H groups in total. The van der Waals surface area contributed by atoms with Gasteiger partial charge >= 0.3 is 6.18 Å². The highest BCUT2D eigenvalue weighted by molar-refractivity contribution is 5.56. The van der Waals surface area contributed by atoms with Crippen molar-refractivity contribution >= 4 is 0 Å². The SMILES string of the molecule is COCCOCCN1CC2C3=C4C5C6=C(C3)CC3CC7CC8CC9CC%10CC%11CC2(C2C4C4C5C5C(C63)C7C3C8C9C6C%10C(C4C6C35)C%112)C1c1ccc(C(F)(F)F)cc1. The number of allylic oxidation sites excluding steroid dienone is 3. The molecule has 18 rings (SSSR count). The lowest BCUT2D eigenvalue weighted by Crippen LogP contribution is -2.59. The fourth-order valence-electron chi connectivity index (χ4n) is 26.5. The molecule has 3 nitrogen and oxygen atoms in total. The van der Waals surface area contributed by atoms with Gasteiger partial charge in [-0.05, 0) is 211 Å². The minimum absolute atomic E-state index is 0.119. The monoisotopic (exact) mass is 799 g/mol. The molecule has 1 saturated heterocycles. The molecule has 17 aliphatic rings. The molecule has 1 heterocycles. The number of rotatable bonds is 7. The van der Waals surface area contributed by atoms with Crippen molar-refractivity contribution in [3.8, 4) is 0 Å². The predicted molar refractivity (Wildman–Crippen MR) is 213 cm³/mol. The number of methoxy groups -OCH3 is 1. The van der Waals surface area contributed by atoms with E-state index in [9.17, 15) is 13.2 Å². The summed E-state index contributed by atoms with van der Waals surface area (Å²) in [6, 6.07) is 6.99. The zero-order valence-electron chi connectivity index (χ0n) is 34.5. The van der Waals surface area contributed by atoms with Gasteiger partial charge in [-0.1, -0.05) is 34.4 Å². The van der Waals surface area contributed by atoms with E-state index in [-0.39, 0.29) is 11.5 Å². The van der Waals surface area contributed by atoms with Gasteiger partial charge in [-0.25, -0.2) is 0 Å². The van der Waals surface area contributed by atoms with Crippen LogP contribution in [0, 0.1) is 159 Å². The number of benzene rings is 1. The van der Waals surface area contributed by atoms with E-state index in [1.165, 1.54) is 43.4 Å². The van der Waals surface area contributed by atoms with Gasteiger partial charge < -0.3 is 9.47 Å². The van der Waals surface area contributed by atoms with Gasteiger partial charge in [0.2, 0.25) is 0 Å². The smallest absolute Gasteiger partial charge is 0.382 e. The molecular weight excluding hydrogens is 740 g/mol. The number of alkyl halides is 3. The van der Waals surface area contributed by atoms with Gasteiger partial charge in [0, 0.05) is 43.5 Å². The molecule has 1 aromatic carbocycles. The summed E-state index contributed by atoms with van der Waals surface area (Å²) in [6.07, 6.45) is 7.59. The van der Waals surface area contributed by atoms with E-state index in [4.69, 9.17) is 9.47 Å². The van der Waals surface area contributed by atoms with Crippen molar-refractivity contribution in [3.63, 3.8) is 0 Å². The average Bonchev–Trinajstić information content (AvgIpc) is 4.08. The molecule has 16 aliphatic carbocycles. The summed E-state index contributed by atoms with van der Waals surface area (Å²) in [6.45, 7) is 3.81. The first kappa shape index (κ1) is 33.0. The number of halogens is 3. The molecule has 28 unspecified atom stereocenters. The molecule has 0 radical (unpaired) electrons. The molecule has 1 aromatic rings. The summed E-state index contributed by atoms with van der Waals surface area (Å²) >= 11 is 0. The Morgan fingerprint density at radius 2 is 1.25 bits per heavy atom. The van der Waals surface area contributed by atoms with Crippen LogP contribution in [0.3, 0.4) is 0 Å². The van der Waals surface area contributed by atoms with Crippen LogP contribution in [0.25, 0.3) is 0 Å². The lowest BCUT2D eigenvalue weighted by atomic mass is 9.41. The maximum atomic E-state index is 14.2. The van der Waals surface area contributed by atoms with Gasteiger partial charge in [0.05, 0.1) is 25.4 Å². The van der Waals surface area contributed by atoms with Gasteiger partial charge in [-0.15, -0.1) is 0 Å². The summed E-state index contributed by atoms with van der Waals surface area (Å²) < 4.78 is 54.4. The van der Waals surface area contributed by atoms with Gasteiger partial charge in [0.25, 0.3) is 0 Å². The first-order valence-corrected chi connectivity index (χ1v) is 25.3. The highest BCUT2D eigenvalue weighted by Crippen LogP contribution is 2.93. The van der Waals surface area contributed by atoms with Crippen LogP contribution in [0.15, 0.2) is 46.6 Å². The summed E-state index contributed by atoms with van der Waals surface area (Å²) in [4.78, 5) is 2.82. The molecule has 13 saturated carbocycles. The van der Waals surface area contributed by atoms with Crippen molar-refractivity contribution in [2.45, 2.75) is 63.6 Å². The second-order valence-electron chi connectivity index (χ2n) is 25.4. The third kappa shape index (κ3) is 3.20. The van der Waals surface area contributed by atoms with Crippen molar-refractivity contribution in [2.75, 3.05) is 40.0 Å². The number of ether oxygens (including phenoxy) is 2. The van der Waals surface area contributed by atoms with Crippen LogP contribution in [-0.2, 0) is 15.7 Å². The second-order valence-corrected chi connectivity index (χ2v) is 25.4. The molecule has 28 atom stereocenters. The second kappa shape index (κ2) is 10.0.